The molecule has 0 radical (unpaired) electrons. The van der Waals surface area contributed by atoms with Gasteiger partial charge in [-0.2, -0.15) is 0 Å². The van der Waals surface area contributed by atoms with Crippen molar-refractivity contribution in [2.24, 2.45) is 0 Å². The first-order chi connectivity index (χ1) is 11.7. The fraction of sp³-hybridized carbons (Fsp3) is 0.167. The minimum absolute atomic E-state index is 0.0874. The van der Waals surface area contributed by atoms with Crippen molar-refractivity contribution < 1.29 is 18.7 Å². The van der Waals surface area contributed by atoms with Crippen LogP contribution in [0.3, 0.4) is 0 Å². The molecule has 0 N–H and O–H groups in total. The van der Waals surface area contributed by atoms with Gasteiger partial charge in [-0.05, 0) is 31.2 Å². The van der Waals surface area contributed by atoms with E-state index >= 15 is 0 Å². The summed E-state index contributed by atoms with van der Waals surface area (Å²) in [5, 5.41) is 7.78. The SMILES string of the molecule is Cc1ccc(OCC(=O)OCc2nnc(-c3ccccc3)o2)cc1. The first kappa shape index (κ1) is 15.7. The summed E-state index contributed by atoms with van der Waals surface area (Å²) in [7, 11) is 0. The van der Waals surface area contributed by atoms with E-state index in [4.69, 9.17) is 13.9 Å². The van der Waals surface area contributed by atoms with Crippen LogP contribution in [-0.2, 0) is 16.1 Å². The van der Waals surface area contributed by atoms with Gasteiger partial charge in [-0.25, -0.2) is 4.79 Å². The lowest BCUT2D eigenvalue weighted by Crippen LogP contribution is -2.14. The highest BCUT2D eigenvalue weighted by Gasteiger charge is 2.11. The molecule has 0 unspecified atom stereocenters. The quantitative estimate of drug-likeness (QED) is 0.648. The monoisotopic (exact) mass is 324 g/mol. The van der Waals surface area contributed by atoms with Crippen LogP contribution >= 0.6 is 0 Å². The summed E-state index contributed by atoms with van der Waals surface area (Å²) >= 11 is 0. The summed E-state index contributed by atoms with van der Waals surface area (Å²) in [6.45, 7) is 1.71. The number of hydrogen-bond donors (Lipinski definition) is 0. The second-order valence-electron chi connectivity index (χ2n) is 5.13. The van der Waals surface area contributed by atoms with Gasteiger partial charge in [0.15, 0.2) is 13.2 Å². The number of carbonyl (C=O) groups is 1. The molecule has 0 atom stereocenters. The molecule has 6 nitrogen and oxygen atoms in total. The zero-order valence-electron chi connectivity index (χ0n) is 13.1. The standard InChI is InChI=1S/C18H16N2O4/c1-13-7-9-15(10-8-13)22-12-17(21)23-11-16-19-20-18(24-16)14-5-3-2-4-6-14/h2-10H,11-12H2,1H3. The van der Waals surface area contributed by atoms with E-state index in [-0.39, 0.29) is 19.1 Å². The number of aromatic nitrogens is 2. The largest absolute Gasteiger partial charge is 0.482 e. The molecule has 0 saturated carbocycles. The van der Waals surface area contributed by atoms with Crippen LogP contribution in [0.2, 0.25) is 0 Å². The zero-order chi connectivity index (χ0) is 16.8. The van der Waals surface area contributed by atoms with Gasteiger partial charge >= 0.3 is 5.97 Å². The fourth-order valence-corrected chi connectivity index (χ4v) is 1.97. The van der Waals surface area contributed by atoms with Gasteiger partial charge in [0.05, 0.1) is 0 Å². The molecule has 0 amide bonds. The Morgan fingerprint density at radius 1 is 1.04 bits per heavy atom. The summed E-state index contributed by atoms with van der Waals surface area (Å²) in [5.41, 5.74) is 1.93. The van der Waals surface area contributed by atoms with Crippen molar-refractivity contribution in [3.8, 4) is 17.2 Å². The van der Waals surface area contributed by atoms with Crippen LogP contribution < -0.4 is 4.74 Å². The normalized spacial score (nSPS) is 10.4. The summed E-state index contributed by atoms with van der Waals surface area (Å²) in [5.74, 6) is 0.729. The molecule has 0 aliphatic rings. The summed E-state index contributed by atoms with van der Waals surface area (Å²) in [6.07, 6.45) is 0. The molecule has 6 heteroatoms. The summed E-state index contributed by atoms with van der Waals surface area (Å²) < 4.78 is 15.9. The molecule has 1 heterocycles. The maximum Gasteiger partial charge on any atom is 0.344 e. The predicted molar refractivity (Wildman–Crippen MR) is 86.2 cm³/mol. The lowest BCUT2D eigenvalue weighted by atomic mass is 10.2. The van der Waals surface area contributed by atoms with E-state index in [0.717, 1.165) is 11.1 Å². The lowest BCUT2D eigenvalue weighted by molar-refractivity contribution is -0.148. The van der Waals surface area contributed by atoms with Crippen LogP contribution in [0, 0.1) is 6.92 Å². The number of nitrogens with zero attached hydrogens (tertiary/aromatic N) is 2. The lowest BCUT2D eigenvalue weighted by Gasteiger charge is -2.05. The topological polar surface area (TPSA) is 74.5 Å². The van der Waals surface area contributed by atoms with Gasteiger partial charge in [0.2, 0.25) is 5.89 Å². The van der Waals surface area contributed by atoms with Gasteiger partial charge in [-0.3, -0.25) is 0 Å². The Morgan fingerprint density at radius 3 is 2.54 bits per heavy atom. The van der Waals surface area contributed by atoms with E-state index in [9.17, 15) is 4.79 Å². The minimum Gasteiger partial charge on any atom is -0.482 e. The maximum absolute atomic E-state index is 11.7. The van der Waals surface area contributed by atoms with Crippen molar-refractivity contribution in [3.63, 3.8) is 0 Å². The third kappa shape index (κ3) is 4.19. The number of ether oxygens (including phenoxy) is 2. The Labute approximate surface area is 139 Å². The molecule has 2 aromatic carbocycles. The Hall–Kier alpha value is -3.15. The van der Waals surface area contributed by atoms with E-state index in [1.54, 1.807) is 12.1 Å². The average molecular weight is 324 g/mol. The Bertz CT molecular complexity index is 797. The molecule has 0 fully saturated rings. The number of hydrogen-bond acceptors (Lipinski definition) is 6. The van der Waals surface area contributed by atoms with E-state index in [2.05, 4.69) is 10.2 Å². The number of esters is 1. The van der Waals surface area contributed by atoms with Crippen LogP contribution in [0.1, 0.15) is 11.5 Å². The van der Waals surface area contributed by atoms with Gasteiger partial charge in [0.25, 0.3) is 5.89 Å². The highest BCUT2D eigenvalue weighted by atomic mass is 16.6. The molecular weight excluding hydrogens is 308 g/mol. The average Bonchev–Trinajstić information content (AvgIpc) is 3.09. The van der Waals surface area contributed by atoms with Crippen LogP contribution in [0.25, 0.3) is 11.5 Å². The molecule has 24 heavy (non-hydrogen) atoms. The highest BCUT2D eigenvalue weighted by molar-refractivity contribution is 5.71. The van der Waals surface area contributed by atoms with Crippen molar-refractivity contribution in [1.29, 1.82) is 0 Å². The second kappa shape index (κ2) is 7.41. The van der Waals surface area contributed by atoms with E-state index in [1.807, 2.05) is 49.4 Å². The first-order valence-electron chi connectivity index (χ1n) is 7.43. The van der Waals surface area contributed by atoms with Gasteiger partial charge in [-0.15, -0.1) is 10.2 Å². The van der Waals surface area contributed by atoms with Gasteiger partial charge < -0.3 is 13.9 Å². The number of aryl methyl sites for hydroxylation is 1. The van der Waals surface area contributed by atoms with E-state index in [0.29, 0.717) is 11.6 Å². The van der Waals surface area contributed by atoms with Gasteiger partial charge in [0.1, 0.15) is 5.75 Å². The van der Waals surface area contributed by atoms with Gasteiger partial charge in [-0.1, -0.05) is 35.9 Å². The van der Waals surface area contributed by atoms with E-state index < -0.39 is 5.97 Å². The van der Waals surface area contributed by atoms with Crippen molar-refractivity contribution in [2.45, 2.75) is 13.5 Å². The summed E-state index contributed by atoms with van der Waals surface area (Å²) in [4.78, 5) is 11.7. The third-order valence-electron chi connectivity index (χ3n) is 3.22. The molecule has 1 aromatic heterocycles. The molecule has 0 aliphatic carbocycles. The Balaban J connectivity index is 1.48. The fourth-order valence-electron chi connectivity index (χ4n) is 1.97. The molecular formula is C18H16N2O4. The Kier molecular flexibility index (Phi) is 4.86. The maximum atomic E-state index is 11.7. The van der Waals surface area contributed by atoms with Crippen LogP contribution in [0.15, 0.2) is 59.0 Å². The van der Waals surface area contributed by atoms with Crippen LogP contribution in [-0.4, -0.2) is 22.8 Å². The van der Waals surface area contributed by atoms with Crippen molar-refractivity contribution in [2.75, 3.05) is 6.61 Å². The molecule has 0 bridgehead atoms. The van der Waals surface area contributed by atoms with Crippen molar-refractivity contribution >= 4 is 5.97 Å². The molecule has 0 aliphatic heterocycles. The highest BCUT2D eigenvalue weighted by Crippen LogP contribution is 2.17. The third-order valence-corrected chi connectivity index (χ3v) is 3.22. The number of benzene rings is 2. The van der Waals surface area contributed by atoms with Crippen LogP contribution in [0.4, 0.5) is 0 Å². The predicted octanol–water partition coefficient (Wildman–Crippen LogP) is 3.17. The smallest absolute Gasteiger partial charge is 0.344 e. The molecule has 3 aromatic rings. The van der Waals surface area contributed by atoms with Crippen molar-refractivity contribution in [1.82, 2.24) is 10.2 Å². The zero-order valence-corrected chi connectivity index (χ0v) is 13.1. The van der Waals surface area contributed by atoms with Gasteiger partial charge in [0, 0.05) is 5.56 Å². The number of carbonyl (C=O) groups excluding carboxylic acids is 1. The summed E-state index contributed by atoms with van der Waals surface area (Å²) in [6, 6.07) is 16.8. The van der Waals surface area contributed by atoms with Crippen LogP contribution in [0.5, 0.6) is 5.75 Å². The molecule has 0 spiro atoms. The Morgan fingerprint density at radius 2 is 1.79 bits per heavy atom. The minimum atomic E-state index is -0.505. The molecule has 122 valence electrons. The first-order valence-corrected chi connectivity index (χ1v) is 7.43. The van der Waals surface area contributed by atoms with E-state index in [1.165, 1.54) is 0 Å². The second-order valence-corrected chi connectivity index (χ2v) is 5.13. The number of rotatable bonds is 6. The molecule has 0 saturated heterocycles. The molecule has 3 rings (SSSR count). The van der Waals surface area contributed by atoms with Crippen molar-refractivity contribution in [3.05, 3.63) is 66.1 Å².